The fraction of sp³-hybridized carbons (Fsp3) is 0. The van der Waals surface area contributed by atoms with Crippen molar-refractivity contribution in [1.29, 1.82) is 0 Å². The fourth-order valence-electron chi connectivity index (χ4n) is 1.99. The minimum absolute atomic E-state index is 0.0618. The van der Waals surface area contributed by atoms with Crippen LogP contribution in [-0.2, 0) is 24.6 Å². The molecule has 0 atom stereocenters. The number of Topliss-reactive ketones (excluding diaryl/α,β-unsaturated/α-hetero) is 2. The Hall–Kier alpha value is -2.52. The third kappa shape index (κ3) is 4.23. The summed E-state index contributed by atoms with van der Waals surface area (Å²) in [6.45, 7) is 0. The van der Waals surface area contributed by atoms with Crippen LogP contribution in [0.15, 0.2) is 60.7 Å². The summed E-state index contributed by atoms with van der Waals surface area (Å²) in [5.74, 6) is -0.895. The Morgan fingerprint density at radius 2 is 1.04 bits per heavy atom. The first-order chi connectivity index (χ1) is 11.2. The number of rotatable bonds is 6. The summed E-state index contributed by atoms with van der Waals surface area (Å²) >= 11 is -2.72. The van der Waals surface area contributed by atoms with Gasteiger partial charge < -0.3 is 0 Å². The van der Waals surface area contributed by atoms with Gasteiger partial charge in [-0.25, -0.2) is 0 Å². The quantitative estimate of drug-likeness (QED) is 0.203. The molecule has 6 nitrogen and oxygen atoms in total. The molecule has 0 unspecified atom stereocenters. The number of benzene rings is 2. The van der Waals surface area contributed by atoms with Crippen molar-refractivity contribution in [3.05, 3.63) is 82.9 Å². The molecular weight excluding hydrogens is 481 g/mol. The van der Waals surface area contributed by atoms with Crippen LogP contribution in [0.4, 0.5) is 0 Å². The molecule has 23 heavy (non-hydrogen) atoms. The number of hydrogen-bond acceptors (Lipinski definition) is 2. The second-order valence-corrected chi connectivity index (χ2v) is 11.2. The Labute approximate surface area is 144 Å². The molecule has 0 aliphatic rings. The maximum absolute atomic E-state index is 12.3. The second-order valence-electron chi connectivity index (χ2n) is 4.66. The third-order valence-corrected chi connectivity index (χ3v) is 9.37. The van der Waals surface area contributed by atoms with Crippen LogP contribution in [0.25, 0.3) is 11.1 Å². The van der Waals surface area contributed by atoms with Gasteiger partial charge in [-0.3, -0.25) is 0 Å². The van der Waals surface area contributed by atoms with E-state index in [9.17, 15) is 9.59 Å². The van der Waals surface area contributed by atoms with Crippen LogP contribution >= 0.6 is 0 Å². The molecule has 0 aromatic heterocycles. The van der Waals surface area contributed by atoms with Gasteiger partial charge in [0.05, 0.1) is 0 Å². The Balaban J connectivity index is 2.24. The topological polar surface area (TPSA) is 107 Å². The van der Waals surface area contributed by atoms with Gasteiger partial charge in [0.15, 0.2) is 0 Å². The first-order valence-electron chi connectivity index (χ1n) is 6.78. The molecule has 0 aliphatic heterocycles. The van der Waals surface area contributed by atoms with Gasteiger partial charge in [0.25, 0.3) is 0 Å². The van der Waals surface area contributed by atoms with Crippen LogP contribution in [0, 0.1) is 0 Å². The summed E-state index contributed by atoms with van der Waals surface area (Å²) in [7, 11) is 0. The molecule has 0 aliphatic carbocycles. The molecule has 2 aromatic carbocycles. The molecule has 0 radical (unpaired) electrons. The summed E-state index contributed by atoms with van der Waals surface area (Å²) in [5, 5.41) is 0. The second kappa shape index (κ2) is 8.20. The van der Waals surface area contributed by atoms with Gasteiger partial charge in [0.2, 0.25) is 0 Å². The van der Waals surface area contributed by atoms with E-state index < -0.39 is 36.1 Å². The number of nitrogens with zero attached hydrogens (tertiary/aromatic N) is 4. The van der Waals surface area contributed by atoms with Crippen molar-refractivity contribution < 1.29 is 43.7 Å². The summed E-state index contributed by atoms with van der Waals surface area (Å²) in [6.07, 6.45) is 0. The third-order valence-electron chi connectivity index (χ3n) is 3.17. The van der Waals surface area contributed by atoms with E-state index >= 15 is 0 Å². The molecule has 0 fully saturated rings. The zero-order valence-electron chi connectivity index (χ0n) is 12.1. The van der Waals surface area contributed by atoms with Gasteiger partial charge in [0, 0.05) is 0 Å². The molecule has 0 amide bonds. The summed E-state index contributed by atoms with van der Waals surface area (Å²) < 4.78 is -0.124. The maximum atomic E-state index is 12.3. The number of carbonyl (C=O) groups is 2. The van der Waals surface area contributed by atoms with Crippen molar-refractivity contribution in [2.45, 2.75) is 0 Å². The van der Waals surface area contributed by atoms with Crippen LogP contribution in [0.2, 0.25) is 0 Å². The molecule has 0 spiro atoms. The zero-order valence-corrected chi connectivity index (χ0v) is 17.6. The van der Waals surface area contributed by atoms with Gasteiger partial charge in [0.1, 0.15) is 0 Å². The van der Waals surface area contributed by atoms with Crippen LogP contribution in [0.5, 0.6) is 0 Å². The van der Waals surface area contributed by atoms with Gasteiger partial charge in [-0.05, 0) is 0 Å². The molecule has 0 saturated carbocycles. The van der Waals surface area contributed by atoms with Crippen molar-refractivity contribution in [2.24, 2.45) is 0 Å². The van der Waals surface area contributed by atoms with Crippen LogP contribution < -0.4 is 0 Å². The van der Waals surface area contributed by atoms with Gasteiger partial charge in [-0.1, -0.05) is 0 Å². The predicted octanol–water partition coefficient (Wildman–Crippen LogP) is 2.09. The number of ketones is 2. The molecule has 2 aromatic rings. The minimum atomic E-state index is -2.72. The Bertz CT molecular complexity index is 765. The van der Waals surface area contributed by atoms with E-state index in [-0.39, 0.29) is 6.44 Å². The van der Waals surface area contributed by atoms with Gasteiger partial charge in [-0.15, -0.1) is 0 Å². The number of carbonyl (C=O) groups excluding carboxylic acids is 2. The summed E-state index contributed by atoms with van der Waals surface area (Å²) in [4.78, 5) is 30.7. The van der Waals surface area contributed by atoms with E-state index in [1.54, 1.807) is 60.7 Å². The molecule has 0 saturated heterocycles. The standard InChI is InChI=1S/2C8H5N2O.Hg/c2*9-10-6-8(11)7-4-2-1-3-5-7;/h2*1-5H;. The Morgan fingerprint density at radius 1 is 0.696 bits per heavy atom. The van der Waals surface area contributed by atoms with Crippen molar-refractivity contribution in [2.75, 3.05) is 0 Å². The van der Waals surface area contributed by atoms with E-state index in [4.69, 9.17) is 11.1 Å². The molecule has 7 heteroatoms. The van der Waals surface area contributed by atoms with Crippen molar-refractivity contribution >= 4 is 18.0 Å². The molecule has 0 N–H and O–H groups in total. The summed E-state index contributed by atoms with van der Waals surface area (Å²) in [6, 6.07) is 16.7. The first kappa shape index (κ1) is 16.8. The van der Waals surface area contributed by atoms with Crippen LogP contribution in [-0.4, -0.2) is 27.6 Å². The van der Waals surface area contributed by atoms with Crippen LogP contribution in [0.3, 0.4) is 0 Å². The molecule has 108 valence electrons. The van der Waals surface area contributed by atoms with Crippen molar-refractivity contribution in [1.82, 2.24) is 0 Å². The molecule has 2 rings (SSSR count). The number of hydrogen-bond donors (Lipinski definition) is 0. The average molecular weight is 491 g/mol. The molecular formula is C16H10HgN4O2. The Morgan fingerprint density at radius 3 is 1.35 bits per heavy atom. The SMILES string of the molecule is [N-]=[N+]=[C]([Hg][C](=[N+]=[N-])C(=O)c1ccccc1)C(=O)c1ccccc1. The van der Waals surface area contributed by atoms with Crippen molar-refractivity contribution in [3.8, 4) is 0 Å². The molecule has 0 bridgehead atoms. The predicted molar refractivity (Wildman–Crippen MR) is 78.8 cm³/mol. The zero-order chi connectivity index (χ0) is 16.7. The molecule has 0 heterocycles. The normalized spacial score (nSPS) is 9.04. The van der Waals surface area contributed by atoms with E-state index in [0.717, 1.165) is 0 Å². The van der Waals surface area contributed by atoms with Gasteiger partial charge >= 0.3 is 145 Å². The monoisotopic (exact) mass is 492 g/mol. The average Bonchev–Trinajstić information content (AvgIpc) is 2.63. The van der Waals surface area contributed by atoms with Crippen molar-refractivity contribution in [3.63, 3.8) is 0 Å². The first-order valence-corrected chi connectivity index (χ1v) is 12.3. The van der Waals surface area contributed by atoms with E-state index in [1.165, 1.54) is 0 Å². The van der Waals surface area contributed by atoms with Crippen LogP contribution in [0.1, 0.15) is 20.7 Å². The van der Waals surface area contributed by atoms with E-state index in [2.05, 4.69) is 9.58 Å². The summed E-state index contributed by atoms with van der Waals surface area (Å²) in [5.41, 5.74) is 19.0. The van der Waals surface area contributed by atoms with E-state index in [1.807, 2.05) is 0 Å². The van der Waals surface area contributed by atoms with E-state index in [0.29, 0.717) is 11.1 Å². The van der Waals surface area contributed by atoms with Gasteiger partial charge in [-0.2, -0.15) is 0 Å². The Kier molecular flexibility index (Phi) is 6.00. The fourth-order valence-corrected chi connectivity index (χ4v) is 6.61.